The van der Waals surface area contributed by atoms with Crippen molar-refractivity contribution in [2.75, 3.05) is 26.1 Å². The van der Waals surface area contributed by atoms with Gasteiger partial charge in [0.1, 0.15) is 0 Å². The Morgan fingerprint density at radius 2 is 1.61 bits per heavy atom. The molecule has 2 aromatic carbocycles. The third kappa shape index (κ3) is 4.63. The number of nitrogens with one attached hydrogen (secondary N) is 2. The molecule has 8 heteroatoms. The van der Waals surface area contributed by atoms with Gasteiger partial charge in [0.25, 0.3) is 11.8 Å². The first kappa shape index (κ1) is 22.1. The number of fused-ring (bicyclic) bond motifs is 1. The van der Waals surface area contributed by atoms with Gasteiger partial charge in [0.15, 0.2) is 11.5 Å². The minimum absolute atomic E-state index is 0.294. The fraction of sp³-hybridized carbons (Fsp3) is 0.348. The van der Waals surface area contributed by atoms with Crippen LogP contribution in [0.3, 0.4) is 0 Å². The van der Waals surface area contributed by atoms with Crippen LogP contribution >= 0.6 is 0 Å². The number of imide groups is 1. The molecule has 0 spiro atoms. The number of hydrogen-bond acceptors (Lipinski definition) is 5. The lowest BCUT2D eigenvalue weighted by Crippen LogP contribution is -2.45. The number of amides is 4. The van der Waals surface area contributed by atoms with E-state index in [1.807, 2.05) is 18.2 Å². The molecule has 0 atom stereocenters. The lowest BCUT2D eigenvalue weighted by molar-refractivity contribution is 0.0507. The van der Waals surface area contributed by atoms with E-state index in [-0.39, 0.29) is 11.8 Å². The van der Waals surface area contributed by atoms with E-state index in [1.54, 1.807) is 47.1 Å². The molecular weight excluding hydrogens is 398 g/mol. The molecule has 0 unspecified atom stereocenters. The van der Waals surface area contributed by atoms with Crippen molar-refractivity contribution in [3.63, 3.8) is 0 Å². The summed E-state index contributed by atoms with van der Waals surface area (Å²) in [5.41, 5.74) is 1.45. The summed E-state index contributed by atoms with van der Waals surface area (Å²) >= 11 is 0. The van der Waals surface area contributed by atoms with Crippen molar-refractivity contribution in [2.45, 2.75) is 32.7 Å². The van der Waals surface area contributed by atoms with Gasteiger partial charge in [0, 0.05) is 17.8 Å². The first-order valence-electron chi connectivity index (χ1n) is 9.94. The highest BCUT2D eigenvalue weighted by Gasteiger charge is 2.41. The van der Waals surface area contributed by atoms with E-state index in [9.17, 15) is 14.4 Å². The molecule has 164 valence electrons. The van der Waals surface area contributed by atoms with Gasteiger partial charge in [-0.3, -0.25) is 14.5 Å². The fourth-order valence-electron chi connectivity index (χ4n) is 3.46. The van der Waals surface area contributed by atoms with Gasteiger partial charge in [-0.2, -0.15) is 0 Å². The maximum absolute atomic E-state index is 12.7. The van der Waals surface area contributed by atoms with Gasteiger partial charge in [-0.1, -0.05) is 6.07 Å². The third-order valence-electron chi connectivity index (χ3n) is 4.96. The van der Waals surface area contributed by atoms with Crippen LogP contribution in [-0.2, 0) is 6.42 Å². The van der Waals surface area contributed by atoms with Crippen molar-refractivity contribution in [1.29, 1.82) is 0 Å². The van der Waals surface area contributed by atoms with Crippen LogP contribution < -0.4 is 20.1 Å². The smallest absolute Gasteiger partial charge is 0.319 e. The molecule has 1 aliphatic rings. The molecule has 0 aromatic heterocycles. The van der Waals surface area contributed by atoms with E-state index in [0.29, 0.717) is 41.3 Å². The Kier molecular flexibility index (Phi) is 6.19. The number of nitrogens with zero attached hydrogens (tertiary/aromatic N) is 1. The second kappa shape index (κ2) is 8.67. The van der Waals surface area contributed by atoms with Crippen LogP contribution in [0.1, 0.15) is 47.1 Å². The zero-order valence-electron chi connectivity index (χ0n) is 18.4. The highest BCUT2D eigenvalue weighted by molar-refractivity contribution is 6.22. The van der Waals surface area contributed by atoms with Gasteiger partial charge in [0.05, 0.1) is 25.3 Å². The fourth-order valence-corrected chi connectivity index (χ4v) is 3.46. The molecule has 0 bridgehead atoms. The summed E-state index contributed by atoms with van der Waals surface area (Å²) in [6.45, 7) is 5.82. The highest BCUT2D eigenvalue weighted by Crippen LogP contribution is 2.31. The molecule has 0 radical (unpaired) electrons. The maximum atomic E-state index is 12.7. The van der Waals surface area contributed by atoms with Crippen molar-refractivity contribution in [3.05, 3.63) is 53.1 Å². The van der Waals surface area contributed by atoms with Crippen LogP contribution in [0.25, 0.3) is 0 Å². The summed E-state index contributed by atoms with van der Waals surface area (Å²) in [5, 5.41) is 5.49. The number of carbonyl (C=O) groups excluding carboxylic acids is 3. The quantitative estimate of drug-likeness (QED) is 0.691. The lowest BCUT2D eigenvalue weighted by Gasteiger charge is -2.29. The standard InChI is InChI=1S/C23H27N3O5/c1-23(2,3)26-20(27)16-8-7-15(13-17(16)21(26)28)25-22(29)24-11-10-14-6-9-18(30-4)19(12-14)31-5/h6-9,12-13H,10-11H2,1-5H3,(H2,24,25,29). The van der Waals surface area contributed by atoms with E-state index in [1.165, 1.54) is 11.0 Å². The minimum atomic E-state index is -0.623. The number of hydrogen-bond donors (Lipinski definition) is 2. The third-order valence-corrected chi connectivity index (χ3v) is 4.96. The van der Waals surface area contributed by atoms with Gasteiger partial charge in [0.2, 0.25) is 0 Å². The van der Waals surface area contributed by atoms with Gasteiger partial charge >= 0.3 is 6.03 Å². The summed E-state index contributed by atoms with van der Waals surface area (Å²) in [6.07, 6.45) is 0.603. The van der Waals surface area contributed by atoms with Crippen molar-refractivity contribution in [2.24, 2.45) is 0 Å². The van der Waals surface area contributed by atoms with Crippen molar-refractivity contribution < 1.29 is 23.9 Å². The van der Waals surface area contributed by atoms with Gasteiger partial charge in [-0.05, 0) is 63.1 Å². The molecule has 3 rings (SSSR count). The largest absolute Gasteiger partial charge is 0.493 e. The molecular formula is C23H27N3O5. The van der Waals surface area contributed by atoms with E-state index >= 15 is 0 Å². The zero-order chi connectivity index (χ0) is 22.8. The van der Waals surface area contributed by atoms with E-state index in [4.69, 9.17) is 9.47 Å². The van der Waals surface area contributed by atoms with Crippen LogP contribution in [0.2, 0.25) is 0 Å². The van der Waals surface area contributed by atoms with Crippen molar-refractivity contribution >= 4 is 23.5 Å². The number of ether oxygens (including phenoxy) is 2. The summed E-state index contributed by atoms with van der Waals surface area (Å²) in [7, 11) is 3.15. The molecule has 2 N–H and O–H groups in total. The first-order valence-corrected chi connectivity index (χ1v) is 9.94. The van der Waals surface area contributed by atoms with Crippen LogP contribution in [0, 0.1) is 0 Å². The average molecular weight is 425 g/mol. The second-order valence-electron chi connectivity index (χ2n) is 8.20. The predicted octanol–water partition coefficient (Wildman–Crippen LogP) is 3.46. The van der Waals surface area contributed by atoms with E-state index in [0.717, 1.165) is 5.56 Å². The Hall–Kier alpha value is -3.55. The van der Waals surface area contributed by atoms with Crippen molar-refractivity contribution in [3.8, 4) is 11.5 Å². The topological polar surface area (TPSA) is 97.0 Å². The SMILES string of the molecule is COc1ccc(CCNC(=O)Nc2ccc3c(c2)C(=O)N(C(C)(C)C)C3=O)cc1OC. The lowest BCUT2D eigenvalue weighted by atomic mass is 10.1. The van der Waals surface area contributed by atoms with E-state index in [2.05, 4.69) is 10.6 Å². The normalized spacial score (nSPS) is 13.1. The monoisotopic (exact) mass is 425 g/mol. The van der Waals surface area contributed by atoms with Gasteiger partial charge in [-0.25, -0.2) is 4.79 Å². The Morgan fingerprint density at radius 1 is 0.935 bits per heavy atom. The zero-order valence-corrected chi connectivity index (χ0v) is 18.4. The number of urea groups is 1. The molecule has 1 heterocycles. The molecule has 8 nitrogen and oxygen atoms in total. The molecule has 1 aliphatic heterocycles. The second-order valence-corrected chi connectivity index (χ2v) is 8.20. The summed E-state index contributed by atoms with van der Waals surface area (Å²) in [4.78, 5) is 38.7. The Morgan fingerprint density at radius 3 is 2.26 bits per heavy atom. The van der Waals surface area contributed by atoms with E-state index < -0.39 is 11.6 Å². The molecule has 0 saturated carbocycles. The van der Waals surface area contributed by atoms with Gasteiger partial charge in [-0.15, -0.1) is 0 Å². The Bertz CT molecular complexity index is 1030. The molecule has 2 aromatic rings. The first-order chi connectivity index (χ1) is 14.7. The molecule has 4 amide bonds. The highest BCUT2D eigenvalue weighted by atomic mass is 16.5. The van der Waals surface area contributed by atoms with Crippen LogP contribution in [0.15, 0.2) is 36.4 Å². The van der Waals surface area contributed by atoms with Crippen LogP contribution in [-0.4, -0.2) is 49.0 Å². The molecule has 0 fully saturated rings. The maximum Gasteiger partial charge on any atom is 0.319 e. The number of benzene rings is 2. The van der Waals surface area contributed by atoms with Crippen LogP contribution in [0.5, 0.6) is 11.5 Å². The predicted molar refractivity (Wildman–Crippen MR) is 117 cm³/mol. The van der Waals surface area contributed by atoms with Crippen molar-refractivity contribution in [1.82, 2.24) is 10.2 Å². The Balaban J connectivity index is 1.60. The number of methoxy groups -OCH3 is 2. The van der Waals surface area contributed by atoms with Crippen LogP contribution in [0.4, 0.5) is 10.5 Å². The summed E-state index contributed by atoms with van der Waals surface area (Å²) in [5.74, 6) is 0.598. The summed E-state index contributed by atoms with van der Waals surface area (Å²) < 4.78 is 10.5. The number of rotatable bonds is 6. The summed E-state index contributed by atoms with van der Waals surface area (Å²) in [6, 6.07) is 9.91. The average Bonchev–Trinajstić information content (AvgIpc) is 2.97. The minimum Gasteiger partial charge on any atom is -0.493 e. The molecule has 0 aliphatic carbocycles. The van der Waals surface area contributed by atoms with Gasteiger partial charge < -0.3 is 20.1 Å². The number of carbonyl (C=O) groups is 3. The Labute approximate surface area is 181 Å². The molecule has 0 saturated heterocycles. The molecule has 31 heavy (non-hydrogen) atoms. The number of anilines is 1.